The molecule has 3 nitrogen and oxygen atoms in total. The van der Waals surface area contributed by atoms with Crippen LogP contribution >= 0.6 is 0 Å². The topological polar surface area (TPSA) is 18.5 Å². The molecule has 3 heterocycles. The molecule has 1 N–H and O–H groups in total. The Balaban J connectivity index is 1.98. The third-order valence-corrected chi connectivity index (χ3v) is 3.59. The van der Waals surface area contributed by atoms with E-state index in [1.807, 2.05) is 0 Å². The zero-order valence-electron chi connectivity index (χ0n) is 9.58. The molecule has 0 saturated carbocycles. The van der Waals surface area contributed by atoms with Crippen LogP contribution in [0.15, 0.2) is 0 Å². The summed E-state index contributed by atoms with van der Waals surface area (Å²) in [7, 11) is 0. The highest BCUT2D eigenvalue weighted by Gasteiger charge is 2.35. The molecule has 3 rings (SSSR count). The van der Waals surface area contributed by atoms with E-state index in [0.29, 0.717) is 12.1 Å². The first kappa shape index (κ1) is 10.9. The Labute approximate surface area is 92.8 Å². The van der Waals surface area contributed by atoms with Crippen molar-refractivity contribution in [1.82, 2.24) is 15.1 Å². The van der Waals surface area contributed by atoms with E-state index < -0.39 is 0 Å². The van der Waals surface area contributed by atoms with E-state index in [1.165, 1.54) is 32.7 Å². The van der Waals surface area contributed by atoms with E-state index >= 15 is 0 Å². The Bertz CT molecular complexity index is 238. The van der Waals surface area contributed by atoms with Gasteiger partial charge in [-0.2, -0.15) is 0 Å². The van der Waals surface area contributed by atoms with Gasteiger partial charge >= 0.3 is 0 Å². The molecule has 2 atom stereocenters. The second-order valence-corrected chi connectivity index (χ2v) is 4.48. The predicted molar refractivity (Wildman–Crippen MR) is 62.7 cm³/mol. The van der Waals surface area contributed by atoms with Crippen LogP contribution in [-0.2, 0) is 0 Å². The number of hydrogen-bond acceptors (Lipinski definition) is 3. The molecule has 3 saturated heterocycles. The molecule has 2 unspecified atom stereocenters. The molecule has 3 fully saturated rings. The van der Waals surface area contributed by atoms with E-state index in [-0.39, 0.29) is 0 Å². The van der Waals surface area contributed by atoms with Crippen molar-refractivity contribution in [2.75, 3.05) is 39.3 Å². The second-order valence-electron chi connectivity index (χ2n) is 4.48. The van der Waals surface area contributed by atoms with Crippen LogP contribution in [0.3, 0.4) is 0 Å². The number of fused-ring (bicyclic) bond motifs is 3. The van der Waals surface area contributed by atoms with Gasteiger partial charge in [0.1, 0.15) is 0 Å². The van der Waals surface area contributed by atoms with Crippen LogP contribution in [0.2, 0.25) is 0 Å². The van der Waals surface area contributed by atoms with Crippen molar-refractivity contribution in [1.29, 1.82) is 0 Å². The van der Waals surface area contributed by atoms with Crippen molar-refractivity contribution < 1.29 is 0 Å². The molecule has 84 valence electrons. The predicted octanol–water partition coefficient (Wildman–Crippen LogP) is -0.0124. The number of piperazine rings is 3. The van der Waals surface area contributed by atoms with Crippen LogP contribution in [0.4, 0.5) is 0 Å². The summed E-state index contributed by atoms with van der Waals surface area (Å²) >= 11 is 0. The van der Waals surface area contributed by atoms with Crippen LogP contribution in [0.25, 0.3) is 0 Å². The molecule has 0 aromatic heterocycles. The quantitative estimate of drug-likeness (QED) is 0.654. The smallest absolute Gasteiger partial charge is 0.0386 e. The lowest BCUT2D eigenvalue weighted by atomic mass is 9.98. The minimum Gasteiger partial charge on any atom is -0.312 e. The fourth-order valence-corrected chi connectivity index (χ4v) is 2.77. The lowest BCUT2D eigenvalue weighted by Crippen LogP contribution is -2.66. The summed E-state index contributed by atoms with van der Waals surface area (Å²) in [5.41, 5.74) is 0. The zero-order valence-corrected chi connectivity index (χ0v) is 9.58. The van der Waals surface area contributed by atoms with Gasteiger partial charge in [0, 0.05) is 51.2 Å². The van der Waals surface area contributed by atoms with Gasteiger partial charge in [-0.25, -0.2) is 0 Å². The first-order valence-electron chi connectivity index (χ1n) is 5.98. The molecular formula is C12H21N3. The molecule has 15 heavy (non-hydrogen) atoms. The lowest BCUT2D eigenvalue weighted by molar-refractivity contribution is -0.00218. The minimum atomic E-state index is 0.475. The number of nitrogens with zero attached hydrogens (tertiary/aromatic N) is 2. The summed E-state index contributed by atoms with van der Waals surface area (Å²) in [6.45, 7) is 9.28. The largest absolute Gasteiger partial charge is 0.312 e. The van der Waals surface area contributed by atoms with E-state index in [1.54, 1.807) is 0 Å². The van der Waals surface area contributed by atoms with Crippen molar-refractivity contribution in [2.45, 2.75) is 25.4 Å². The third-order valence-electron chi connectivity index (χ3n) is 3.59. The molecule has 3 heteroatoms. The molecule has 3 aliphatic heterocycles. The molecule has 0 aromatic carbocycles. The third kappa shape index (κ3) is 2.34. The van der Waals surface area contributed by atoms with Gasteiger partial charge in [-0.1, -0.05) is 6.92 Å². The van der Waals surface area contributed by atoms with Gasteiger partial charge in [0.15, 0.2) is 0 Å². The normalized spacial score (nSPS) is 36.1. The fourth-order valence-electron chi connectivity index (χ4n) is 2.77. The van der Waals surface area contributed by atoms with Crippen molar-refractivity contribution in [3.63, 3.8) is 0 Å². The molecule has 2 bridgehead atoms. The number of terminal acetylenes is 1. The Hall–Kier alpha value is -0.560. The van der Waals surface area contributed by atoms with Gasteiger partial charge in [-0.05, 0) is 6.54 Å². The second kappa shape index (κ2) is 4.98. The first-order chi connectivity index (χ1) is 7.35. The van der Waals surface area contributed by atoms with E-state index in [9.17, 15) is 0 Å². The summed E-state index contributed by atoms with van der Waals surface area (Å²) in [6.07, 6.45) is 6.29. The summed E-state index contributed by atoms with van der Waals surface area (Å²) in [5.74, 6) is 2.80. The fraction of sp³-hybridized carbons (Fsp3) is 0.833. The molecule has 0 amide bonds. The Morgan fingerprint density at radius 1 is 1.40 bits per heavy atom. The van der Waals surface area contributed by atoms with Crippen molar-refractivity contribution in [3.8, 4) is 12.3 Å². The molecule has 0 radical (unpaired) electrons. The Kier molecular flexibility index (Phi) is 3.63. The standard InChI is InChI=1S/C12H21N3/c1-3-5-11(13-4-2)12-10-14-6-8-15(12)9-7-14/h1,11-13H,4-10H2,2H3. The van der Waals surface area contributed by atoms with Crippen LogP contribution in [0, 0.1) is 12.3 Å². The van der Waals surface area contributed by atoms with Crippen molar-refractivity contribution >= 4 is 0 Å². The van der Waals surface area contributed by atoms with E-state index in [2.05, 4.69) is 28.0 Å². The number of rotatable bonds is 4. The highest BCUT2D eigenvalue weighted by Crippen LogP contribution is 2.19. The average Bonchev–Trinajstić information content (AvgIpc) is 2.30. The average molecular weight is 207 g/mol. The van der Waals surface area contributed by atoms with Crippen LogP contribution in [0.1, 0.15) is 13.3 Å². The van der Waals surface area contributed by atoms with Gasteiger partial charge in [-0.3, -0.25) is 9.80 Å². The summed E-state index contributed by atoms with van der Waals surface area (Å²) in [6, 6.07) is 1.10. The SMILES string of the molecule is C#CCC(NCC)C1CN2CCN1CC2. The van der Waals surface area contributed by atoms with Crippen LogP contribution < -0.4 is 5.32 Å². The van der Waals surface area contributed by atoms with E-state index in [4.69, 9.17) is 6.42 Å². The first-order valence-corrected chi connectivity index (χ1v) is 5.98. The number of nitrogens with one attached hydrogen (secondary N) is 1. The van der Waals surface area contributed by atoms with Gasteiger partial charge in [0.2, 0.25) is 0 Å². The summed E-state index contributed by atoms with van der Waals surface area (Å²) in [5, 5.41) is 3.53. The number of likely N-dealkylation sites (N-methyl/N-ethyl adjacent to an activating group) is 1. The summed E-state index contributed by atoms with van der Waals surface area (Å²) < 4.78 is 0. The van der Waals surface area contributed by atoms with Crippen molar-refractivity contribution in [2.24, 2.45) is 0 Å². The highest BCUT2D eigenvalue weighted by molar-refractivity contribution is 5.00. The number of hydrogen-bond donors (Lipinski definition) is 1. The highest BCUT2D eigenvalue weighted by atomic mass is 15.4. The van der Waals surface area contributed by atoms with Crippen LogP contribution in [-0.4, -0.2) is 61.2 Å². The zero-order chi connectivity index (χ0) is 10.7. The molecule has 0 aromatic rings. The maximum absolute atomic E-state index is 5.44. The molecule has 3 aliphatic rings. The lowest BCUT2D eigenvalue weighted by Gasteiger charge is -2.50. The van der Waals surface area contributed by atoms with Gasteiger partial charge in [0.05, 0.1) is 0 Å². The van der Waals surface area contributed by atoms with Gasteiger partial charge < -0.3 is 5.32 Å². The minimum absolute atomic E-state index is 0.475. The maximum Gasteiger partial charge on any atom is 0.0386 e. The maximum atomic E-state index is 5.44. The molecule has 0 aliphatic carbocycles. The van der Waals surface area contributed by atoms with E-state index in [0.717, 1.165) is 13.0 Å². The monoisotopic (exact) mass is 207 g/mol. The summed E-state index contributed by atoms with van der Waals surface area (Å²) in [4.78, 5) is 5.16. The van der Waals surface area contributed by atoms with Crippen molar-refractivity contribution in [3.05, 3.63) is 0 Å². The molecular weight excluding hydrogens is 186 g/mol. The Morgan fingerprint density at radius 2 is 2.13 bits per heavy atom. The van der Waals surface area contributed by atoms with Gasteiger partial charge in [-0.15, -0.1) is 12.3 Å². The van der Waals surface area contributed by atoms with Gasteiger partial charge in [0.25, 0.3) is 0 Å². The Morgan fingerprint density at radius 3 is 2.60 bits per heavy atom. The molecule has 0 spiro atoms. The van der Waals surface area contributed by atoms with Crippen LogP contribution in [0.5, 0.6) is 0 Å².